The van der Waals surface area contributed by atoms with E-state index in [4.69, 9.17) is 4.74 Å². The van der Waals surface area contributed by atoms with Crippen molar-refractivity contribution in [1.29, 1.82) is 0 Å². The summed E-state index contributed by atoms with van der Waals surface area (Å²) >= 11 is 0. The van der Waals surface area contributed by atoms with E-state index in [-0.39, 0.29) is 26.6 Å². The van der Waals surface area contributed by atoms with Crippen LogP contribution in [0.4, 0.5) is 17.1 Å². The first-order valence-corrected chi connectivity index (χ1v) is 15.8. The Kier molecular flexibility index (Phi) is 7.67. The van der Waals surface area contributed by atoms with Gasteiger partial charge in [-0.3, -0.25) is 0 Å². The predicted molar refractivity (Wildman–Crippen MR) is 151 cm³/mol. The van der Waals surface area contributed by atoms with Crippen molar-refractivity contribution in [3.63, 3.8) is 0 Å². The first kappa shape index (κ1) is 27.5. The van der Waals surface area contributed by atoms with Gasteiger partial charge in [0.25, 0.3) is 0 Å². The van der Waals surface area contributed by atoms with E-state index in [9.17, 15) is 0 Å². The minimum absolute atomic E-state index is 0. The first-order valence-electron chi connectivity index (χ1n) is 12.3. The molecule has 0 saturated carbocycles. The average Bonchev–Trinajstić information content (AvgIpc) is 3.27. The Bertz CT molecular complexity index is 1300. The second-order valence-corrected chi connectivity index (χ2v) is 16.1. The van der Waals surface area contributed by atoms with Crippen molar-refractivity contribution < 1.29 is 25.8 Å². The number of fused-ring (bicyclic) bond motifs is 1. The molecule has 2 heterocycles. The summed E-state index contributed by atoms with van der Waals surface area (Å²) in [5, 5.41) is 1.32. The summed E-state index contributed by atoms with van der Waals surface area (Å²) in [6.07, 6.45) is 4.07. The quantitative estimate of drug-likeness (QED) is 0.228. The molecule has 0 radical (unpaired) electrons. The normalized spacial score (nSPS) is 17.0. The molecule has 5 rings (SSSR count). The summed E-state index contributed by atoms with van der Waals surface area (Å²) < 4.78 is 6.41. The van der Waals surface area contributed by atoms with Crippen LogP contribution in [0.3, 0.4) is 0 Å². The Morgan fingerprint density at radius 1 is 0.838 bits per heavy atom. The Morgan fingerprint density at radius 3 is 2.27 bits per heavy atom. The molecule has 0 aromatic heterocycles. The zero-order valence-electron chi connectivity index (χ0n) is 22.5. The fourth-order valence-electron chi connectivity index (χ4n) is 4.47. The SMILES string of the molecule is CN1C=CN(c2[c-]c(Oc3[c-]c(N4[CH-]N(C)C(C)(C)c5ccccc54)ccc3)cc([Si](C)(C)C)c2)[CH-]1.[Pt+4]. The second kappa shape index (κ2) is 10.3. The molecule has 5 nitrogen and oxygen atoms in total. The summed E-state index contributed by atoms with van der Waals surface area (Å²) in [5.41, 5.74) is 4.24. The van der Waals surface area contributed by atoms with Crippen LogP contribution >= 0.6 is 0 Å². The zero-order valence-corrected chi connectivity index (χ0v) is 25.8. The summed E-state index contributed by atoms with van der Waals surface area (Å²) in [6, 6.07) is 25.9. The zero-order chi connectivity index (χ0) is 25.7. The maximum Gasteiger partial charge on any atom is 4.00 e. The van der Waals surface area contributed by atoms with E-state index < -0.39 is 8.07 Å². The van der Waals surface area contributed by atoms with Gasteiger partial charge in [-0.2, -0.15) is 30.7 Å². The van der Waals surface area contributed by atoms with Crippen molar-refractivity contribution >= 4 is 30.3 Å². The molecule has 0 bridgehead atoms. The molecule has 3 aromatic carbocycles. The van der Waals surface area contributed by atoms with Gasteiger partial charge < -0.3 is 24.3 Å². The van der Waals surface area contributed by atoms with Gasteiger partial charge in [0.1, 0.15) is 0 Å². The van der Waals surface area contributed by atoms with E-state index in [1.807, 2.05) is 43.1 Å². The van der Waals surface area contributed by atoms with Gasteiger partial charge in [-0.05, 0) is 52.0 Å². The summed E-state index contributed by atoms with van der Waals surface area (Å²) in [6.45, 7) is 15.7. The fraction of sp³-hybridized carbons (Fsp3) is 0.267. The molecule has 194 valence electrons. The van der Waals surface area contributed by atoms with Crippen LogP contribution in [0.5, 0.6) is 11.5 Å². The van der Waals surface area contributed by atoms with E-state index in [1.54, 1.807) is 0 Å². The van der Waals surface area contributed by atoms with Crippen LogP contribution in [0.2, 0.25) is 19.6 Å². The number of ether oxygens (including phenoxy) is 1. The second-order valence-electron chi connectivity index (χ2n) is 11.0. The van der Waals surface area contributed by atoms with Gasteiger partial charge in [-0.25, -0.2) is 0 Å². The van der Waals surface area contributed by atoms with Crippen LogP contribution in [0.15, 0.2) is 67.0 Å². The van der Waals surface area contributed by atoms with Crippen molar-refractivity contribution in [2.24, 2.45) is 0 Å². The fourth-order valence-corrected chi connectivity index (χ4v) is 5.60. The predicted octanol–water partition coefficient (Wildman–Crippen LogP) is 6.40. The standard InChI is InChI=1S/C30H34N4OSi.Pt/c1-30(2)28-13-8-9-14-29(28)34(22-32(30)4)23-11-10-12-25(17-23)35-26-18-24(33-16-15-31(3)21-33)19-27(20-26)36(5,6)7;/h8-16,19-22H,1-7H3;/q-4;+4. The number of benzene rings is 3. The van der Waals surface area contributed by atoms with Gasteiger partial charge >= 0.3 is 21.1 Å². The molecule has 37 heavy (non-hydrogen) atoms. The number of hydrogen-bond acceptors (Lipinski definition) is 5. The minimum Gasteiger partial charge on any atom is -0.510 e. The third-order valence-electron chi connectivity index (χ3n) is 6.97. The number of anilines is 3. The Hall–Kier alpha value is -2.53. The molecule has 0 atom stereocenters. The van der Waals surface area contributed by atoms with Crippen molar-refractivity contribution in [1.82, 2.24) is 9.80 Å². The molecule has 2 aliphatic rings. The minimum atomic E-state index is -1.59. The van der Waals surface area contributed by atoms with Gasteiger partial charge in [0.15, 0.2) is 0 Å². The van der Waals surface area contributed by atoms with Crippen LogP contribution < -0.4 is 19.7 Å². The maximum absolute atomic E-state index is 6.41. The summed E-state index contributed by atoms with van der Waals surface area (Å²) in [5.74, 6) is 1.37. The molecule has 2 aliphatic heterocycles. The molecule has 0 spiro atoms. The average molecular weight is 690 g/mol. The summed E-state index contributed by atoms with van der Waals surface area (Å²) in [7, 11) is 2.55. The first-order chi connectivity index (χ1) is 17.0. The smallest absolute Gasteiger partial charge is 0.510 e. The number of para-hydroxylation sites is 1. The van der Waals surface area contributed by atoms with Crippen LogP contribution in [-0.2, 0) is 26.6 Å². The van der Waals surface area contributed by atoms with Gasteiger partial charge in [-0.1, -0.05) is 37.8 Å². The molecule has 3 aromatic rings. The van der Waals surface area contributed by atoms with Gasteiger partial charge in [-0.15, -0.1) is 41.7 Å². The Morgan fingerprint density at radius 2 is 1.57 bits per heavy atom. The molecule has 0 unspecified atom stereocenters. The van der Waals surface area contributed by atoms with Crippen molar-refractivity contribution in [2.75, 3.05) is 23.9 Å². The molecule has 0 fully saturated rings. The molecule has 0 N–H and O–H groups in total. The molecular formula is C30H34N4OPtSi. The third kappa shape index (κ3) is 5.52. The maximum atomic E-state index is 6.41. The van der Waals surface area contributed by atoms with Crippen molar-refractivity contribution in [3.05, 3.63) is 98.0 Å². The van der Waals surface area contributed by atoms with E-state index in [0.29, 0.717) is 11.5 Å². The molecule has 0 amide bonds. The number of hydrogen-bond donors (Lipinski definition) is 0. The molecule has 7 heteroatoms. The topological polar surface area (TPSA) is 22.2 Å². The van der Waals surface area contributed by atoms with Gasteiger partial charge in [0, 0.05) is 22.7 Å². The van der Waals surface area contributed by atoms with E-state index in [1.165, 1.54) is 10.8 Å². The number of nitrogens with zero attached hydrogens (tertiary/aromatic N) is 4. The van der Waals surface area contributed by atoms with E-state index in [0.717, 1.165) is 17.1 Å². The van der Waals surface area contributed by atoms with Crippen LogP contribution in [-0.4, -0.2) is 32.0 Å². The number of rotatable bonds is 5. The van der Waals surface area contributed by atoms with E-state index >= 15 is 0 Å². The Balaban J connectivity index is 0.00000320. The molecular weight excluding hydrogens is 656 g/mol. The summed E-state index contributed by atoms with van der Waals surface area (Å²) in [4.78, 5) is 8.53. The van der Waals surface area contributed by atoms with E-state index in [2.05, 4.69) is 117 Å². The van der Waals surface area contributed by atoms with Crippen molar-refractivity contribution in [3.8, 4) is 11.5 Å². The van der Waals surface area contributed by atoms with Crippen LogP contribution in [0, 0.1) is 25.5 Å². The Labute approximate surface area is 237 Å². The molecule has 0 aliphatic carbocycles. The molecule has 0 saturated heterocycles. The van der Waals surface area contributed by atoms with Crippen molar-refractivity contribution in [2.45, 2.75) is 39.0 Å². The van der Waals surface area contributed by atoms with Crippen LogP contribution in [0.1, 0.15) is 19.4 Å². The van der Waals surface area contributed by atoms with Gasteiger partial charge in [0.2, 0.25) is 0 Å². The van der Waals surface area contributed by atoms with Crippen LogP contribution in [0.25, 0.3) is 0 Å². The monoisotopic (exact) mass is 689 g/mol. The van der Waals surface area contributed by atoms with Gasteiger partial charge in [0.05, 0.1) is 8.07 Å². The largest absolute Gasteiger partial charge is 4.00 e. The third-order valence-corrected chi connectivity index (χ3v) is 8.99.